The van der Waals surface area contributed by atoms with Crippen molar-refractivity contribution in [3.05, 3.63) is 36.9 Å². The third kappa shape index (κ3) is 3.83. The molecule has 3 aromatic heterocycles. The number of hydrogen-bond acceptors (Lipinski definition) is 6. The fourth-order valence-electron chi connectivity index (χ4n) is 2.65. The van der Waals surface area contributed by atoms with Gasteiger partial charge in [0.2, 0.25) is 0 Å². The molecule has 3 heterocycles. The van der Waals surface area contributed by atoms with Crippen molar-refractivity contribution in [1.29, 1.82) is 0 Å². The molecule has 0 atom stereocenters. The van der Waals surface area contributed by atoms with Crippen LogP contribution >= 0.6 is 34.4 Å². The minimum atomic E-state index is 0.107. The van der Waals surface area contributed by atoms with Crippen LogP contribution in [0.2, 0.25) is 0 Å². The Hall–Kier alpha value is -1.18. The molecule has 0 aliphatic heterocycles. The van der Waals surface area contributed by atoms with Crippen LogP contribution in [0.3, 0.4) is 0 Å². The van der Waals surface area contributed by atoms with Crippen molar-refractivity contribution in [3.8, 4) is 0 Å². The standard InChI is InChI=1S/C18H23N3OS3/c1-5-7-8-21-17(22)15-11(3)12(4)25-16(15)20-18(21)24-10-13-9-23-14(6-2)19-13/h9H,5-8,10H2,1-4H3. The molecule has 0 radical (unpaired) electrons. The van der Waals surface area contributed by atoms with E-state index in [1.54, 1.807) is 34.4 Å². The maximum Gasteiger partial charge on any atom is 0.263 e. The Balaban J connectivity index is 1.98. The quantitative estimate of drug-likeness (QED) is 0.409. The third-order valence-corrected chi connectivity index (χ3v) is 7.39. The highest BCUT2D eigenvalue weighted by atomic mass is 32.2. The van der Waals surface area contributed by atoms with Crippen molar-refractivity contribution in [2.24, 2.45) is 0 Å². The number of thioether (sulfide) groups is 1. The molecular weight excluding hydrogens is 370 g/mol. The van der Waals surface area contributed by atoms with Crippen molar-refractivity contribution in [2.45, 2.75) is 64.4 Å². The molecule has 4 nitrogen and oxygen atoms in total. The molecule has 0 saturated heterocycles. The van der Waals surface area contributed by atoms with Gasteiger partial charge in [0, 0.05) is 22.6 Å². The van der Waals surface area contributed by atoms with Crippen LogP contribution in [0.25, 0.3) is 10.2 Å². The van der Waals surface area contributed by atoms with E-state index in [4.69, 9.17) is 4.98 Å². The second-order valence-electron chi connectivity index (χ2n) is 6.04. The number of hydrogen-bond donors (Lipinski definition) is 0. The maximum absolute atomic E-state index is 13.1. The lowest BCUT2D eigenvalue weighted by molar-refractivity contribution is 0.558. The fraction of sp³-hybridized carbons (Fsp3) is 0.500. The summed E-state index contributed by atoms with van der Waals surface area (Å²) in [6.07, 6.45) is 3.01. The number of aryl methyl sites for hydroxylation is 3. The van der Waals surface area contributed by atoms with Crippen LogP contribution in [0.15, 0.2) is 15.3 Å². The summed E-state index contributed by atoms with van der Waals surface area (Å²) in [7, 11) is 0. The molecule has 3 rings (SSSR count). The molecule has 0 aliphatic rings. The number of thiazole rings is 1. The normalized spacial score (nSPS) is 11.5. The lowest BCUT2D eigenvalue weighted by atomic mass is 10.2. The summed E-state index contributed by atoms with van der Waals surface area (Å²) in [5.74, 6) is 0.754. The van der Waals surface area contributed by atoms with Crippen molar-refractivity contribution in [3.63, 3.8) is 0 Å². The lowest BCUT2D eigenvalue weighted by Crippen LogP contribution is -2.23. The number of aromatic nitrogens is 3. The van der Waals surface area contributed by atoms with E-state index in [0.29, 0.717) is 0 Å². The molecule has 0 spiro atoms. The first kappa shape index (κ1) is 18.6. The Kier molecular flexibility index (Phi) is 5.96. The van der Waals surface area contributed by atoms with E-state index in [2.05, 4.69) is 31.1 Å². The Bertz CT molecular complexity index is 939. The van der Waals surface area contributed by atoms with Crippen molar-refractivity contribution in [1.82, 2.24) is 14.5 Å². The van der Waals surface area contributed by atoms with Gasteiger partial charge in [0.1, 0.15) is 4.83 Å². The molecule has 134 valence electrons. The minimum Gasteiger partial charge on any atom is -0.287 e. The molecule has 3 aromatic rings. The lowest BCUT2D eigenvalue weighted by Gasteiger charge is -2.11. The topological polar surface area (TPSA) is 47.8 Å². The first-order valence-corrected chi connectivity index (χ1v) is 11.3. The summed E-state index contributed by atoms with van der Waals surface area (Å²) in [6, 6.07) is 0. The van der Waals surface area contributed by atoms with Gasteiger partial charge in [0.15, 0.2) is 5.16 Å². The minimum absolute atomic E-state index is 0.107. The van der Waals surface area contributed by atoms with Gasteiger partial charge in [-0.05, 0) is 32.3 Å². The summed E-state index contributed by atoms with van der Waals surface area (Å²) >= 11 is 4.94. The Morgan fingerprint density at radius 1 is 1.24 bits per heavy atom. The van der Waals surface area contributed by atoms with Crippen LogP contribution in [-0.4, -0.2) is 14.5 Å². The number of nitrogens with zero attached hydrogens (tertiary/aromatic N) is 3. The smallest absolute Gasteiger partial charge is 0.263 e. The molecule has 7 heteroatoms. The van der Waals surface area contributed by atoms with Gasteiger partial charge in [-0.15, -0.1) is 22.7 Å². The van der Waals surface area contributed by atoms with E-state index in [9.17, 15) is 4.79 Å². The highest BCUT2D eigenvalue weighted by molar-refractivity contribution is 7.98. The van der Waals surface area contributed by atoms with Gasteiger partial charge in [-0.25, -0.2) is 9.97 Å². The molecule has 0 N–H and O–H groups in total. The van der Waals surface area contributed by atoms with Crippen LogP contribution < -0.4 is 5.56 Å². The average Bonchev–Trinajstić information content (AvgIpc) is 3.17. The number of unbranched alkanes of at least 4 members (excludes halogenated alkanes) is 1. The van der Waals surface area contributed by atoms with Crippen molar-refractivity contribution < 1.29 is 0 Å². The van der Waals surface area contributed by atoms with E-state index in [-0.39, 0.29) is 5.56 Å². The van der Waals surface area contributed by atoms with Crippen LogP contribution in [0.4, 0.5) is 0 Å². The van der Waals surface area contributed by atoms with Crippen LogP contribution in [0.5, 0.6) is 0 Å². The van der Waals surface area contributed by atoms with Crippen LogP contribution in [-0.2, 0) is 18.7 Å². The number of rotatable bonds is 7. The van der Waals surface area contributed by atoms with Gasteiger partial charge < -0.3 is 0 Å². The van der Waals surface area contributed by atoms with Gasteiger partial charge in [-0.3, -0.25) is 9.36 Å². The zero-order chi connectivity index (χ0) is 18.0. The average molecular weight is 394 g/mol. The van der Waals surface area contributed by atoms with E-state index >= 15 is 0 Å². The SMILES string of the molecule is CCCCn1c(SCc2csc(CC)n2)nc2sc(C)c(C)c2c1=O. The molecule has 0 amide bonds. The molecule has 25 heavy (non-hydrogen) atoms. The van der Waals surface area contributed by atoms with Crippen molar-refractivity contribution in [2.75, 3.05) is 0 Å². The van der Waals surface area contributed by atoms with Gasteiger partial charge in [-0.2, -0.15) is 0 Å². The molecular formula is C18H23N3OS3. The second-order valence-corrected chi connectivity index (χ2v) is 9.13. The highest BCUT2D eigenvalue weighted by Crippen LogP contribution is 2.29. The van der Waals surface area contributed by atoms with Crippen LogP contribution in [0, 0.1) is 13.8 Å². The predicted octanol–water partition coefficient (Wildman–Crippen LogP) is 5.19. The summed E-state index contributed by atoms with van der Waals surface area (Å²) in [5.41, 5.74) is 2.25. The molecule has 0 unspecified atom stereocenters. The highest BCUT2D eigenvalue weighted by Gasteiger charge is 2.17. The molecule has 0 bridgehead atoms. The Labute approximate surface area is 160 Å². The fourth-order valence-corrected chi connectivity index (χ4v) is 5.49. The summed E-state index contributed by atoms with van der Waals surface area (Å²) in [6.45, 7) is 9.08. The van der Waals surface area contributed by atoms with Crippen LogP contribution in [0.1, 0.15) is 47.8 Å². The Morgan fingerprint density at radius 3 is 2.72 bits per heavy atom. The monoisotopic (exact) mass is 393 g/mol. The molecule has 0 fully saturated rings. The van der Waals surface area contributed by atoms with Gasteiger partial charge in [-0.1, -0.05) is 32.0 Å². The van der Waals surface area contributed by atoms with E-state index in [1.165, 1.54) is 4.88 Å². The second kappa shape index (κ2) is 8.01. The van der Waals surface area contributed by atoms with E-state index in [1.807, 2.05) is 11.5 Å². The van der Waals surface area contributed by atoms with Crippen molar-refractivity contribution >= 4 is 44.7 Å². The summed E-state index contributed by atoms with van der Waals surface area (Å²) in [5, 5.41) is 4.88. The number of thiophene rings is 1. The van der Waals surface area contributed by atoms with E-state index < -0.39 is 0 Å². The van der Waals surface area contributed by atoms with Gasteiger partial charge in [0.25, 0.3) is 5.56 Å². The number of fused-ring (bicyclic) bond motifs is 1. The molecule has 0 saturated carbocycles. The third-order valence-electron chi connectivity index (χ3n) is 4.24. The summed E-state index contributed by atoms with van der Waals surface area (Å²) in [4.78, 5) is 24.6. The Morgan fingerprint density at radius 2 is 2.04 bits per heavy atom. The summed E-state index contributed by atoms with van der Waals surface area (Å²) < 4.78 is 1.86. The molecule has 0 aliphatic carbocycles. The first-order valence-electron chi connectivity index (χ1n) is 8.61. The van der Waals surface area contributed by atoms with E-state index in [0.717, 1.165) is 63.2 Å². The zero-order valence-corrected chi connectivity index (χ0v) is 17.5. The zero-order valence-electron chi connectivity index (χ0n) is 15.1. The van der Waals surface area contributed by atoms with Gasteiger partial charge >= 0.3 is 0 Å². The molecule has 0 aromatic carbocycles. The largest absolute Gasteiger partial charge is 0.287 e. The maximum atomic E-state index is 13.1. The first-order chi connectivity index (χ1) is 12.0. The predicted molar refractivity (Wildman–Crippen MR) is 109 cm³/mol. The van der Waals surface area contributed by atoms with Gasteiger partial charge in [0.05, 0.1) is 16.1 Å².